The van der Waals surface area contributed by atoms with Crippen molar-refractivity contribution in [1.82, 2.24) is 4.57 Å². The standard InChI is InChI=1S/C22H23N/c1-19-18-21-15-9-10-16-22(21)23(19)17-11-4-2-3-6-12-20-13-7-5-8-14-20/h5,7-10,13-16,18H,4,6,11-12,17H2,1H3. The number of unbranched alkanes of at least 4 members (excludes halogenated alkanes) is 1. The van der Waals surface area contributed by atoms with E-state index in [2.05, 4.69) is 84.0 Å². The van der Waals surface area contributed by atoms with Crippen molar-refractivity contribution in [2.24, 2.45) is 0 Å². The van der Waals surface area contributed by atoms with E-state index in [0.29, 0.717) is 0 Å². The number of nitrogens with zero attached hydrogens (tertiary/aromatic N) is 1. The maximum absolute atomic E-state index is 3.32. The summed E-state index contributed by atoms with van der Waals surface area (Å²) in [6.07, 6.45) is 4.09. The Morgan fingerprint density at radius 3 is 2.48 bits per heavy atom. The first kappa shape index (κ1) is 15.4. The number of aromatic nitrogens is 1. The largest absolute Gasteiger partial charge is 0.345 e. The molecule has 23 heavy (non-hydrogen) atoms. The smallest absolute Gasteiger partial charge is 0.0482 e. The number of para-hydroxylation sites is 1. The molecule has 1 nitrogen and oxygen atoms in total. The van der Waals surface area contributed by atoms with Crippen molar-refractivity contribution < 1.29 is 0 Å². The summed E-state index contributed by atoms with van der Waals surface area (Å²) in [6.45, 7) is 3.23. The molecule has 0 aliphatic heterocycles. The molecule has 0 N–H and O–H groups in total. The number of hydrogen-bond acceptors (Lipinski definition) is 0. The molecule has 3 rings (SSSR count). The molecular weight excluding hydrogens is 278 g/mol. The van der Waals surface area contributed by atoms with Gasteiger partial charge in [-0.15, -0.1) is 11.8 Å². The van der Waals surface area contributed by atoms with Crippen LogP contribution in [-0.2, 0) is 13.0 Å². The fraction of sp³-hybridized carbons (Fsp3) is 0.273. The first-order valence-electron chi connectivity index (χ1n) is 8.39. The van der Waals surface area contributed by atoms with Crippen molar-refractivity contribution >= 4 is 10.9 Å². The number of aryl methyl sites for hydroxylation is 3. The summed E-state index contributed by atoms with van der Waals surface area (Å²) in [7, 11) is 0. The van der Waals surface area contributed by atoms with E-state index in [1.54, 1.807) is 0 Å². The summed E-state index contributed by atoms with van der Waals surface area (Å²) >= 11 is 0. The molecule has 0 amide bonds. The van der Waals surface area contributed by atoms with Gasteiger partial charge in [-0.3, -0.25) is 0 Å². The zero-order chi connectivity index (χ0) is 15.9. The van der Waals surface area contributed by atoms with Crippen molar-refractivity contribution in [3.8, 4) is 11.8 Å². The van der Waals surface area contributed by atoms with E-state index in [9.17, 15) is 0 Å². The monoisotopic (exact) mass is 301 g/mol. The Balaban J connectivity index is 1.46. The Hall–Kier alpha value is -2.46. The molecule has 3 aromatic rings. The van der Waals surface area contributed by atoms with E-state index in [0.717, 1.165) is 32.2 Å². The highest BCUT2D eigenvalue weighted by Crippen LogP contribution is 2.19. The highest BCUT2D eigenvalue weighted by molar-refractivity contribution is 5.81. The fourth-order valence-corrected chi connectivity index (χ4v) is 3.00. The van der Waals surface area contributed by atoms with E-state index in [-0.39, 0.29) is 0 Å². The van der Waals surface area contributed by atoms with Crippen LogP contribution in [0.1, 0.15) is 30.5 Å². The first-order chi connectivity index (χ1) is 11.3. The molecule has 2 aromatic carbocycles. The van der Waals surface area contributed by atoms with Gasteiger partial charge < -0.3 is 4.57 Å². The highest BCUT2D eigenvalue weighted by Gasteiger charge is 2.03. The van der Waals surface area contributed by atoms with Gasteiger partial charge in [0.05, 0.1) is 0 Å². The lowest BCUT2D eigenvalue weighted by Gasteiger charge is -2.06. The van der Waals surface area contributed by atoms with Gasteiger partial charge in [-0.05, 0) is 42.8 Å². The van der Waals surface area contributed by atoms with Gasteiger partial charge in [-0.25, -0.2) is 0 Å². The Bertz CT molecular complexity index is 815. The molecule has 1 heteroatoms. The third kappa shape index (κ3) is 4.05. The van der Waals surface area contributed by atoms with E-state index < -0.39 is 0 Å². The number of rotatable bonds is 5. The average molecular weight is 301 g/mol. The zero-order valence-corrected chi connectivity index (χ0v) is 13.8. The summed E-state index contributed by atoms with van der Waals surface area (Å²) in [5.41, 5.74) is 4.04. The Kier molecular flexibility index (Phi) is 5.17. The van der Waals surface area contributed by atoms with Crippen LogP contribution in [0.4, 0.5) is 0 Å². The summed E-state index contributed by atoms with van der Waals surface area (Å²) in [5.74, 6) is 6.63. The molecule has 0 atom stereocenters. The number of hydrogen-bond donors (Lipinski definition) is 0. The molecule has 116 valence electrons. The minimum atomic E-state index is 0.954. The minimum Gasteiger partial charge on any atom is -0.345 e. The summed E-state index contributed by atoms with van der Waals surface area (Å²) in [5, 5.41) is 1.33. The molecule has 0 saturated carbocycles. The second kappa shape index (κ2) is 7.70. The molecule has 0 radical (unpaired) electrons. The van der Waals surface area contributed by atoms with Crippen LogP contribution >= 0.6 is 0 Å². The lowest BCUT2D eigenvalue weighted by molar-refractivity contribution is 0.661. The minimum absolute atomic E-state index is 0.954. The normalized spacial score (nSPS) is 10.5. The molecule has 0 aliphatic rings. The van der Waals surface area contributed by atoms with E-state index in [1.807, 2.05) is 0 Å². The van der Waals surface area contributed by atoms with Crippen LogP contribution in [0.5, 0.6) is 0 Å². The predicted molar refractivity (Wildman–Crippen MR) is 98.4 cm³/mol. The molecule has 0 unspecified atom stereocenters. The van der Waals surface area contributed by atoms with Gasteiger partial charge in [0.2, 0.25) is 0 Å². The highest BCUT2D eigenvalue weighted by atomic mass is 15.0. The SMILES string of the molecule is Cc1cc2ccccc2n1CCCC#CCCc1ccccc1. The molecule has 0 bridgehead atoms. The molecule has 1 heterocycles. The maximum atomic E-state index is 3.32. The summed E-state index contributed by atoms with van der Waals surface area (Å²) in [4.78, 5) is 0. The van der Waals surface area contributed by atoms with Crippen LogP contribution in [-0.4, -0.2) is 4.57 Å². The fourth-order valence-electron chi connectivity index (χ4n) is 3.00. The van der Waals surface area contributed by atoms with Gasteiger partial charge in [-0.2, -0.15) is 0 Å². The van der Waals surface area contributed by atoms with Gasteiger partial charge in [0.1, 0.15) is 0 Å². The lowest BCUT2D eigenvalue weighted by atomic mass is 10.1. The lowest BCUT2D eigenvalue weighted by Crippen LogP contribution is -1.99. The van der Waals surface area contributed by atoms with E-state index in [4.69, 9.17) is 0 Å². The van der Waals surface area contributed by atoms with Crippen LogP contribution in [0.15, 0.2) is 60.7 Å². The van der Waals surface area contributed by atoms with Crippen molar-refractivity contribution in [3.63, 3.8) is 0 Å². The molecule has 0 fully saturated rings. The van der Waals surface area contributed by atoms with Gasteiger partial charge in [-0.1, -0.05) is 48.5 Å². The molecule has 1 aromatic heterocycles. The Morgan fingerprint density at radius 2 is 1.61 bits per heavy atom. The number of benzene rings is 2. The first-order valence-corrected chi connectivity index (χ1v) is 8.39. The van der Waals surface area contributed by atoms with Crippen LogP contribution < -0.4 is 0 Å². The van der Waals surface area contributed by atoms with E-state index in [1.165, 1.54) is 22.2 Å². The van der Waals surface area contributed by atoms with Crippen LogP contribution in [0.3, 0.4) is 0 Å². The van der Waals surface area contributed by atoms with Crippen molar-refractivity contribution in [3.05, 3.63) is 71.9 Å². The van der Waals surface area contributed by atoms with Crippen LogP contribution in [0.2, 0.25) is 0 Å². The topological polar surface area (TPSA) is 4.93 Å². The Labute approximate surface area is 139 Å². The third-order valence-electron chi connectivity index (χ3n) is 4.21. The molecule has 0 spiro atoms. The summed E-state index contributed by atoms with van der Waals surface area (Å²) in [6, 6.07) is 21.4. The Morgan fingerprint density at radius 1 is 0.870 bits per heavy atom. The predicted octanol–water partition coefficient (Wildman–Crippen LogP) is 5.37. The molecular formula is C22H23N. The molecule has 0 saturated heterocycles. The second-order valence-electron chi connectivity index (χ2n) is 5.94. The van der Waals surface area contributed by atoms with Gasteiger partial charge in [0, 0.05) is 30.6 Å². The van der Waals surface area contributed by atoms with Crippen molar-refractivity contribution in [1.29, 1.82) is 0 Å². The second-order valence-corrected chi connectivity index (χ2v) is 5.94. The van der Waals surface area contributed by atoms with Crippen molar-refractivity contribution in [2.45, 2.75) is 39.2 Å². The average Bonchev–Trinajstić information content (AvgIpc) is 2.90. The van der Waals surface area contributed by atoms with Gasteiger partial charge >= 0.3 is 0 Å². The summed E-state index contributed by atoms with van der Waals surface area (Å²) < 4.78 is 2.40. The van der Waals surface area contributed by atoms with Crippen LogP contribution in [0.25, 0.3) is 10.9 Å². The number of fused-ring (bicyclic) bond motifs is 1. The quantitative estimate of drug-likeness (QED) is 0.441. The molecule has 0 aliphatic carbocycles. The van der Waals surface area contributed by atoms with Crippen molar-refractivity contribution in [2.75, 3.05) is 0 Å². The zero-order valence-electron chi connectivity index (χ0n) is 13.8. The van der Waals surface area contributed by atoms with Gasteiger partial charge in [0.15, 0.2) is 0 Å². The maximum Gasteiger partial charge on any atom is 0.0482 e. The third-order valence-corrected chi connectivity index (χ3v) is 4.21. The van der Waals surface area contributed by atoms with Crippen LogP contribution in [0, 0.1) is 18.8 Å². The van der Waals surface area contributed by atoms with Gasteiger partial charge in [0.25, 0.3) is 0 Å². The van der Waals surface area contributed by atoms with E-state index >= 15 is 0 Å².